The highest BCUT2D eigenvalue weighted by atomic mass is 35.5. The van der Waals surface area contributed by atoms with E-state index in [4.69, 9.17) is 16.3 Å². The van der Waals surface area contributed by atoms with Crippen molar-refractivity contribution < 1.29 is 22.7 Å². The average molecular weight is 393 g/mol. The number of pyridine rings is 1. The third kappa shape index (κ3) is 4.98. The van der Waals surface area contributed by atoms with Crippen LogP contribution < -0.4 is 10.1 Å². The van der Waals surface area contributed by atoms with E-state index in [1.807, 2.05) is 0 Å². The van der Waals surface area contributed by atoms with Gasteiger partial charge in [-0.25, -0.2) is 0 Å². The molecule has 0 aliphatic rings. The second-order valence-corrected chi connectivity index (χ2v) is 5.94. The van der Waals surface area contributed by atoms with E-state index in [1.54, 1.807) is 36.4 Å². The lowest BCUT2D eigenvalue weighted by molar-refractivity contribution is -0.137. The number of hydrogen-bond acceptors (Lipinski definition) is 3. The number of amides is 1. The Morgan fingerprint density at radius 1 is 1.00 bits per heavy atom. The number of carbonyl (C=O) groups excluding carboxylic acids is 1. The van der Waals surface area contributed by atoms with Gasteiger partial charge in [0.25, 0.3) is 5.91 Å². The van der Waals surface area contributed by atoms with Gasteiger partial charge in [0.15, 0.2) is 0 Å². The molecule has 0 aliphatic carbocycles. The maximum atomic E-state index is 12.8. The zero-order valence-electron chi connectivity index (χ0n) is 13.6. The Morgan fingerprint density at radius 3 is 2.52 bits per heavy atom. The normalized spacial score (nSPS) is 11.1. The number of halogens is 4. The minimum Gasteiger partial charge on any atom is -0.456 e. The molecule has 0 fully saturated rings. The summed E-state index contributed by atoms with van der Waals surface area (Å²) in [6.45, 7) is 0. The molecule has 1 aromatic heterocycles. The van der Waals surface area contributed by atoms with E-state index in [0.29, 0.717) is 22.5 Å². The van der Waals surface area contributed by atoms with Gasteiger partial charge in [0, 0.05) is 28.5 Å². The Bertz CT molecular complexity index is 977. The number of carbonyl (C=O) groups is 1. The molecule has 3 aromatic rings. The highest BCUT2D eigenvalue weighted by molar-refractivity contribution is 6.31. The van der Waals surface area contributed by atoms with Crippen LogP contribution in [-0.4, -0.2) is 10.9 Å². The lowest BCUT2D eigenvalue weighted by Crippen LogP contribution is -2.11. The van der Waals surface area contributed by atoms with Crippen LogP contribution in [0, 0.1) is 0 Å². The zero-order chi connectivity index (χ0) is 19.4. The molecular weight excluding hydrogens is 381 g/mol. The Kier molecular flexibility index (Phi) is 5.32. The van der Waals surface area contributed by atoms with Gasteiger partial charge >= 0.3 is 6.18 Å². The van der Waals surface area contributed by atoms with E-state index >= 15 is 0 Å². The third-order valence-electron chi connectivity index (χ3n) is 3.45. The molecule has 0 saturated heterocycles. The Labute approximate surface area is 157 Å². The van der Waals surface area contributed by atoms with Crippen molar-refractivity contribution in [1.29, 1.82) is 0 Å². The number of nitrogens with zero attached hydrogens (tertiary/aromatic N) is 1. The number of benzene rings is 2. The quantitative estimate of drug-likeness (QED) is 0.610. The number of nitrogens with one attached hydrogen (secondary N) is 1. The molecule has 4 nitrogen and oxygen atoms in total. The Balaban J connectivity index is 1.75. The third-order valence-corrected chi connectivity index (χ3v) is 3.69. The molecule has 27 heavy (non-hydrogen) atoms. The molecule has 8 heteroatoms. The van der Waals surface area contributed by atoms with Crippen molar-refractivity contribution in [2.24, 2.45) is 0 Å². The van der Waals surface area contributed by atoms with Crippen LogP contribution in [0.15, 0.2) is 67.0 Å². The van der Waals surface area contributed by atoms with Gasteiger partial charge in [-0.15, -0.1) is 0 Å². The Hall–Kier alpha value is -3.06. The summed E-state index contributed by atoms with van der Waals surface area (Å²) in [6, 6.07) is 13.5. The number of aromatic nitrogens is 1. The van der Waals surface area contributed by atoms with Crippen LogP contribution in [0.2, 0.25) is 5.02 Å². The SMILES string of the molecule is O=C(Nc1cccc(Oc2cncc(C(F)(F)F)c2)c1)c1cccc(Cl)c1. The lowest BCUT2D eigenvalue weighted by atomic mass is 10.2. The predicted molar refractivity (Wildman–Crippen MR) is 95.2 cm³/mol. The first-order valence-corrected chi connectivity index (χ1v) is 8.06. The van der Waals surface area contributed by atoms with Crippen LogP contribution in [0.3, 0.4) is 0 Å². The number of rotatable bonds is 4. The number of hydrogen-bond donors (Lipinski definition) is 1. The monoisotopic (exact) mass is 392 g/mol. The van der Waals surface area contributed by atoms with E-state index in [9.17, 15) is 18.0 Å². The molecular formula is C19H12ClF3N2O2. The van der Waals surface area contributed by atoms with Crippen LogP contribution in [0.25, 0.3) is 0 Å². The van der Waals surface area contributed by atoms with Gasteiger partial charge in [-0.1, -0.05) is 23.7 Å². The maximum Gasteiger partial charge on any atom is 0.418 e. The van der Waals surface area contributed by atoms with Gasteiger partial charge in [-0.3, -0.25) is 9.78 Å². The summed E-state index contributed by atoms with van der Waals surface area (Å²) in [4.78, 5) is 15.8. The first-order chi connectivity index (χ1) is 12.8. The summed E-state index contributed by atoms with van der Waals surface area (Å²) in [5, 5.41) is 3.10. The van der Waals surface area contributed by atoms with Gasteiger partial charge < -0.3 is 10.1 Å². The van der Waals surface area contributed by atoms with Crippen LogP contribution in [0.4, 0.5) is 18.9 Å². The predicted octanol–water partition coefficient (Wildman–Crippen LogP) is 5.80. The number of anilines is 1. The second-order valence-electron chi connectivity index (χ2n) is 5.50. The molecule has 2 aromatic carbocycles. The first kappa shape index (κ1) is 18.7. The standard InChI is InChI=1S/C19H12ClF3N2O2/c20-14-4-1-3-12(7-14)18(26)25-15-5-2-6-16(9-15)27-17-8-13(10-24-11-17)19(21,22)23/h1-11H,(H,25,26). The summed E-state index contributed by atoms with van der Waals surface area (Å²) in [7, 11) is 0. The molecule has 0 spiro atoms. The van der Waals surface area contributed by atoms with Crippen LogP contribution in [-0.2, 0) is 6.18 Å². The number of alkyl halides is 3. The van der Waals surface area contributed by atoms with Gasteiger partial charge in [-0.05, 0) is 36.4 Å². The van der Waals surface area contributed by atoms with Crippen molar-refractivity contribution in [2.75, 3.05) is 5.32 Å². The van der Waals surface area contributed by atoms with Crippen LogP contribution >= 0.6 is 11.6 Å². The van der Waals surface area contributed by atoms with Crippen LogP contribution in [0.1, 0.15) is 15.9 Å². The summed E-state index contributed by atoms with van der Waals surface area (Å²) in [6.07, 6.45) is -2.62. The molecule has 0 bridgehead atoms. The molecule has 0 radical (unpaired) electrons. The van der Waals surface area contributed by atoms with Gasteiger partial charge in [0.1, 0.15) is 11.5 Å². The molecule has 1 N–H and O–H groups in total. The van der Waals surface area contributed by atoms with Gasteiger partial charge in [0.2, 0.25) is 0 Å². The topological polar surface area (TPSA) is 51.2 Å². The summed E-state index contributed by atoms with van der Waals surface area (Å²) < 4.78 is 43.7. The fraction of sp³-hybridized carbons (Fsp3) is 0.0526. The van der Waals surface area contributed by atoms with E-state index in [1.165, 1.54) is 18.3 Å². The molecule has 0 atom stereocenters. The maximum absolute atomic E-state index is 12.8. The minimum absolute atomic E-state index is 0.0665. The van der Waals surface area contributed by atoms with Gasteiger partial charge in [0.05, 0.1) is 11.8 Å². The van der Waals surface area contributed by atoms with E-state index in [-0.39, 0.29) is 17.4 Å². The molecule has 138 valence electrons. The average Bonchev–Trinajstić information content (AvgIpc) is 2.61. The van der Waals surface area contributed by atoms with E-state index < -0.39 is 11.7 Å². The molecule has 3 rings (SSSR count). The molecule has 0 unspecified atom stereocenters. The molecule has 1 amide bonds. The van der Waals surface area contributed by atoms with Crippen LogP contribution in [0.5, 0.6) is 11.5 Å². The van der Waals surface area contributed by atoms with Crippen molar-refractivity contribution in [3.8, 4) is 11.5 Å². The van der Waals surface area contributed by atoms with Crippen molar-refractivity contribution in [2.45, 2.75) is 6.18 Å². The molecule has 0 saturated carbocycles. The smallest absolute Gasteiger partial charge is 0.418 e. The zero-order valence-corrected chi connectivity index (χ0v) is 14.4. The fourth-order valence-electron chi connectivity index (χ4n) is 2.24. The molecule has 0 aliphatic heterocycles. The summed E-state index contributed by atoms with van der Waals surface area (Å²) >= 11 is 5.87. The fourth-order valence-corrected chi connectivity index (χ4v) is 2.43. The van der Waals surface area contributed by atoms with E-state index in [0.717, 1.165) is 6.07 Å². The second kappa shape index (κ2) is 7.67. The van der Waals surface area contributed by atoms with Crippen molar-refractivity contribution in [3.05, 3.63) is 83.1 Å². The molecule has 1 heterocycles. The summed E-state index contributed by atoms with van der Waals surface area (Å²) in [5.74, 6) is -0.196. The highest BCUT2D eigenvalue weighted by Crippen LogP contribution is 2.32. The minimum atomic E-state index is -4.51. The van der Waals surface area contributed by atoms with Crippen molar-refractivity contribution in [1.82, 2.24) is 4.98 Å². The highest BCUT2D eigenvalue weighted by Gasteiger charge is 2.31. The van der Waals surface area contributed by atoms with Gasteiger partial charge in [-0.2, -0.15) is 13.2 Å². The lowest BCUT2D eigenvalue weighted by Gasteiger charge is -2.11. The number of ether oxygens (including phenoxy) is 1. The summed E-state index contributed by atoms with van der Waals surface area (Å²) in [5.41, 5.74) is -0.126. The largest absolute Gasteiger partial charge is 0.456 e. The first-order valence-electron chi connectivity index (χ1n) is 7.68. The van der Waals surface area contributed by atoms with Crippen molar-refractivity contribution in [3.63, 3.8) is 0 Å². The Morgan fingerprint density at radius 2 is 1.78 bits per heavy atom. The van der Waals surface area contributed by atoms with Crippen molar-refractivity contribution >= 4 is 23.2 Å². The van der Waals surface area contributed by atoms with E-state index in [2.05, 4.69) is 10.3 Å².